The van der Waals surface area contributed by atoms with Gasteiger partial charge in [-0.05, 0) is 18.1 Å². The minimum Gasteiger partial charge on any atom is -0.462 e. The number of rotatable bonds is 7. The number of benzene rings is 1. The highest BCUT2D eigenvalue weighted by Crippen LogP contribution is 2.51. The zero-order valence-corrected chi connectivity index (χ0v) is 29.9. The minimum absolute atomic E-state index is 0.0849. The lowest BCUT2D eigenvalue weighted by Gasteiger charge is -2.44. The van der Waals surface area contributed by atoms with Gasteiger partial charge in [-0.2, -0.15) is 0 Å². The Morgan fingerprint density at radius 3 is 1.78 bits per heavy atom. The Labute approximate surface area is 291 Å². The van der Waals surface area contributed by atoms with E-state index in [1.807, 2.05) is 0 Å². The fraction of sp³-hybridized carbons (Fsp3) is 0.541. The van der Waals surface area contributed by atoms with Gasteiger partial charge < -0.3 is 28.4 Å². The molecule has 0 spiro atoms. The van der Waals surface area contributed by atoms with Gasteiger partial charge in [0.15, 0.2) is 29.7 Å². The Bertz CT molecular complexity index is 1540. The molecular formula is C37H46O13. The number of hydrogen-bond acceptors (Lipinski definition) is 13. The van der Waals surface area contributed by atoms with Crippen molar-refractivity contribution in [1.29, 1.82) is 0 Å². The molecule has 2 aliphatic carbocycles. The van der Waals surface area contributed by atoms with Gasteiger partial charge in [0.25, 0.3) is 0 Å². The highest BCUT2D eigenvalue weighted by molar-refractivity contribution is 5.94. The number of ketones is 1. The normalized spacial score (nSPS) is 31.4. The van der Waals surface area contributed by atoms with Crippen LogP contribution in [0.5, 0.6) is 0 Å². The first-order chi connectivity index (χ1) is 23.2. The molecule has 1 fully saturated rings. The average molecular weight is 699 g/mol. The molecule has 13 heteroatoms. The van der Waals surface area contributed by atoms with Crippen LogP contribution in [-0.4, -0.2) is 77.7 Å². The molecule has 1 aromatic rings. The smallest absolute Gasteiger partial charge is 0.338 e. The Kier molecular flexibility index (Phi) is 12.5. The van der Waals surface area contributed by atoms with E-state index in [4.69, 9.17) is 28.4 Å². The van der Waals surface area contributed by atoms with Crippen molar-refractivity contribution < 1.29 is 62.0 Å². The number of esters is 6. The second-order valence-electron chi connectivity index (χ2n) is 13.5. The van der Waals surface area contributed by atoms with E-state index in [0.29, 0.717) is 0 Å². The van der Waals surface area contributed by atoms with E-state index in [-0.39, 0.29) is 17.6 Å². The molecule has 0 amide bonds. The number of carbonyl (C=O) groups excluding carboxylic acids is 7. The summed E-state index contributed by atoms with van der Waals surface area (Å²) in [7, 11) is 0. The van der Waals surface area contributed by atoms with Crippen LogP contribution in [0.2, 0.25) is 0 Å². The van der Waals surface area contributed by atoms with E-state index in [0.717, 1.165) is 34.6 Å². The predicted octanol–water partition coefficient (Wildman–Crippen LogP) is 4.25. The first-order valence-corrected chi connectivity index (χ1v) is 16.3. The molecule has 50 heavy (non-hydrogen) atoms. The lowest BCUT2D eigenvalue weighted by molar-refractivity contribution is -0.191. The third-order valence-electron chi connectivity index (χ3n) is 8.87. The van der Waals surface area contributed by atoms with Gasteiger partial charge in [-0.15, -0.1) is 0 Å². The molecule has 3 rings (SSSR count). The molecule has 272 valence electrons. The molecule has 1 aromatic carbocycles. The van der Waals surface area contributed by atoms with Crippen molar-refractivity contribution >= 4 is 41.6 Å². The Morgan fingerprint density at radius 1 is 0.720 bits per heavy atom. The number of carbonyl (C=O) groups is 7. The van der Waals surface area contributed by atoms with Crippen LogP contribution >= 0.6 is 0 Å². The number of ether oxygens (including phenoxy) is 6. The number of fused-ring (bicyclic) bond motifs is 1. The van der Waals surface area contributed by atoms with Crippen LogP contribution in [0.1, 0.15) is 79.1 Å². The third kappa shape index (κ3) is 8.85. The van der Waals surface area contributed by atoms with Crippen LogP contribution in [-0.2, 0) is 57.2 Å². The molecule has 13 nitrogen and oxygen atoms in total. The monoisotopic (exact) mass is 698 g/mol. The van der Waals surface area contributed by atoms with Gasteiger partial charge in [0, 0.05) is 57.9 Å². The molecule has 0 radical (unpaired) electrons. The van der Waals surface area contributed by atoms with Gasteiger partial charge in [-0.1, -0.05) is 64.6 Å². The summed E-state index contributed by atoms with van der Waals surface area (Å²) in [6, 6.07) is 7.82. The first-order valence-electron chi connectivity index (χ1n) is 16.3. The SMILES string of the molecule is C=C1[C@@H](OC(C)=O)[C@H](OC(C)=O)[C@H](OC(C)=O)C(C)(C)/C=C/[C@@H](C)C(=O)[C@]2(OC(C)=O)C[C@@H](C)[C@@H](OC(C)=O)[C@H]2[C@@H]1OC(=O)c1ccccc1. The molecule has 2 aliphatic rings. The summed E-state index contributed by atoms with van der Waals surface area (Å²) in [6.07, 6.45) is -4.62. The number of allylic oxidation sites excluding steroid dienone is 1. The molecule has 0 bridgehead atoms. The van der Waals surface area contributed by atoms with E-state index in [2.05, 4.69) is 6.58 Å². The van der Waals surface area contributed by atoms with E-state index in [9.17, 15) is 33.6 Å². The fourth-order valence-corrected chi connectivity index (χ4v) is 6.92. The molecule has 0 saturated heterocycles. The summed E-state index contributed by atoms with van der Waals surface area (Å²) in [5.74, 6) is -8.67. The quantitative estimate of drug-likeness (QED) is 0.225. The highest BCUT2D eigenvalue weighted by atomic mass is 16.6. The molecule has 0 aromatic heterocycles. The Hall–Kier alpha value is -4.81. The van der Waals surface area contributed by atoms with Gasteiger partial charge in [0.05, 0.1) is 11.5 Å². The van der Waals surface area contributed by atoms with Crippen LogP contribution in [0.4, 0.5) is 0 Å². The summed E-state index contributed by atoms with van der Waals surface area (Å²) in [4.78, 5) is 92.0. The van der Waals surface area contributed by atoms with E-state index >= 15 is 0 Å². The van der Waals surface area contributed by atoms with Crippen molar-refractivity contribution in [1.82, 2.24) is 0 Å². The summed E-state index contributed by atoms with van der Waals surface area (Å²) < 4.78 is 35.2. The van der Waals surface area contributed by atoms with Crippen molar-refractivity contribution in [3.8, 4) is 0 Å². The van der Waals surface area contributed by atoms with Crippen molar-refractivity contribution in [3.63, 3.8) is 0 Å². The number of hydrogen-bond donors (Lipinski definition) is 0. The maximum atomic E-state index is 14.7. The maximum Gasteiger partial charge on any atom is 0.338 e. The largest absolute Gasteiger partial charge is 0.462 e. The maximum absolute atomic E-state index is 14.7. The lowest BCUT2D eigenvalue weighted by atomic mass is 9.72. The summed E-state index contributed by atoms with van der Waals surface area (Å²) >= 11 is 0. The lowest BCUT2D eigenvalue weighted by Crippen LogP contribution is -2.59. The van der Waals surface area contributed by atoms with Crippen LogP contribution < -0.4 is 0 Å². The highest BCUT2D eigenvalue weighted by Gasteiger charge is 2.66. The van der Waals surface area contributed by atoms with Crippen molar-refractivity contribution in [2.75, 3.05) is 0 Å². The van der Waals surface area contributed by atoms with Crippen LogP contribution in [0, 0.1) is 23.2 Å². The van der Waals surface area contributed by atoms with Crippen molar-refractivity contribution in [2.24, 2.45) is 23.2 Å². The summed E-state index contributed by atoms with van der Waals surface area (Å²) in [6.45, 7) is 16.3. The fourth-order valence-electron chi connectivity index (χ4n) is 6.92. The molecule has 0 unspecified atom stereocenters. The molecule has 0 N–H and O–H groups in total. The molecular weight excluding hydrogens is 652 g/mol. The van der Waals surface area contributed by atoms with Crippen LogP contribution in [0.15, 0.2) is 54.6 Å². The van der Waals surface area contributed by atoms with Gasteiger partial charge in [0.1, 0.15) is 12.2 Å². The van der Waals surface area contributed by atoms with Gasteiger partial charge in [0.2, 0.25) is 0 Å². The van der Waals surface area contributed by atoms with Gasteiger partial charge in [-0.25, -0.2) is 4.79 Å². The van der Waals surface area contributed by atoms with Crippen molar-refractivity contribution in [2.45, 2.75) is 105 Å². The number of Topliss-reactive ketones (excluding diaryl/α,β-unsaturated/α-hetero) is 1. The summed E-state index contributed by atoms with van der Waals surface area (Å²) in [5, 5.41) is 0. The third-order valence-corrected chi connectivity index (χ3v) is 8.87. The Morgan fingerprint density at radius 2 is 1.26 bits per heavy atom. The molecule has 9 atom stereocenters. The minimum atomic E-state index is -2.07. The molecule has 0 heterocycles. The molecule has 0 aliphatic heterocycles. The Balaban J connectivity index is 2.52. The van der Waals surface area contributed by atoms with Crippen LogP contribution in [0.3, 0.4) is 0 Å². The van der Waals surface area contributed by atoms with E-state index in [1.165, 1.54) is 18.2 Å². The topological polar surface area (TPSA) is 175 Å². The van der Waals surface area contributed by atoms with Crippen LogP contribution in [0.25, 0.3) is 0 Å². The zero-order chi connectivity index (χ0) is 37.7. The van der Waals surface area contributed by atoms with E-state index in [1.54, 1.807) is 52.0 Å². The zero-order valence-electron chi connectivity index (χ0n) is 29.9. The van der Waals surface area contributed by atoms with Crippen molar-refractivity contribution in [3.05, 3.63) is 60.2 Å². The second kappa shape index (κ2) is 15.8. The standard InChI is InChI=1S/C37H46O13/c1-19-16-17-36(9,10)34(48-25(7)41)32(47-24(6)40)31(46-23(5)39)21(3)30(49-35(44)27-14-12-11-13-15-27)28-29(45-22(4)38)20(2)18-37(28,33(19)43)50-26(8)42/h11-17,19-20,28-32,34H,3,18H2,1-2,4-10H3/b17-16+/t19-,20-,28+,29-,30-,31-,32+,34+,37+/m1/s1. The summed E-state index contributed by atoms with van der Waals surface area (Å²) in [5.41, 5.74) is -3.44. The average Bonchev–Trinajstić information content (AvgIpc) is 3.27. The van der Waals surface area contributed by atoms with Gasteiger partial charge in [-0.3, -0.25) is 28.8 Å². The predicted molar refractivity (Wildman–Crippen MR) is 176 cm³/mol. The molecule has 1 saturated carbocycles. The second-order valence-corrected chi connectivity index (χ2v) is 13.5. The first kappa shape index (κ1) is 39.6. The van der Waals surface area contributed by atoms with Gasteiger partial charge >= 0.3 is 35.8 Å². The van der Waals surface area contributed by atoms with E-state index < -0.39 is 101 Å².